The molecule has 0 fully saturated rings. The Hall–Kier alpha value is -0.380. The van der Waals surface area contributed by atoms with Crippen molar-refractivity contribution in [1.82, 2.24) is 0 Å². The molecule has 0 amide bonds. The van der Waals surface area contributed by atoms with Crippen molar-refractivity contribution >= 4 is 27.6 Å². The topological polar surface area (TPSA) is 38.7 Å². The number of ether oxygens (including phenoxy) is 1. The maximum Gasteiger partial charge on any atom is 0.353 e. The van der Waals surface area contributed by atoms with E-state index in [0.29, 0.717) is 17.6 Å². The third kappa shape index (κ3) is 2.96. The molecule has 0 radical (unpaired) electrons. The van der Waals surface area contributed by atoms with Gasteiger partial charge in [0, 0.05) is 7.05 Å². The zero-order chi connectivity index (χ0) is 7.98. The van der Waals surface area contributed by atoms with E-state index in [1.54, 1.807) is 14.0 Å². The summed E-state index contributed by atoms with van der Waals surface area (Å²) in [7, 11) is 1.56. The van der Waals surface area contributed by atoms with E-state index in [0.717, 1.165) is 0 Å². The van der Waals surface area contributed by atoms with Crippen LogP contribution in [0.4, 0.5) is 0 Å². The lowest BCUT2D eigenvalue weighted by atomic mass is 10.4. The van der Waals surface area contributed by atoms with Crippen molar-refractivity contribution in [2.75, 3.05) is 19.0 Å². The molecule has 0 aliphatic heterocycles. The molecule has 0 saturated heterocycles. The Labute approximate surface area is 68.6 Å². The van der Waals surface area contributed by atoms with Gasteiger partial charge in [-0.25, -0.2) is 4.79 Å². The standard InChI is InChI=1S/C6H10BrNO2/c1-3-10-6(9)5(4-7)8-2/h3-4H2,1-2H3. The van der Waals surface area contributed by atoms with Crippen LogP contribution in [-0.4, -0.2) is 30.7 Å². The number of aliphatic imine (C=N–C) groups is 1. The summed E-state index contributed by atoms with van der Waals surface area (Å²) in [5.74, 6) is -0.345. The summed E-state index contributed by atoms with van der Waals surface area (Å²) in [5.41, 5.74) is 0.418. The average molecular weight is 208 g/mol. The summed E-state index contributed by atoms with van der Waals surface area (Å²) in [6.07, 6.45) is 0. The molecule has 0 aromatic rings. The fraction of sp³-hybridized carbons (Fsp3) is 0.667. The molecular formula is C6H10BrNO2. The van der Waals surface area contributed by atoms with E-state index in [1.807, 2.05) is 0 Å². The van der Waals surface area contributed by atoms with Crippen LogP contribution < -0.4 is 0 Å². The highest BCUT2D eigenvalue weighted by Crippen LogP contribution is 1.89. The van der Waals surface area contributed by atoms with Crippen LogP contribution in [0.25, 0.3) is 0 Å². The van der Waals surface area contributed by atoms with Gasteiger partial charge in [-0.1, -0.05) is 15.9 Å². The zero-order valence-corrected chi connectivity index (χ0v) is 7.64. The first-order chi connectivity index (χ1) is 4.76. The molecule has 3 nitrogen and oxygen atoms in total. The van der Waals surface area contributed by atoms with Crippen LogP contribution in [0, 0.1) is 0 Å². The summed E-state index contributed by atoms with van der Waals surface area (Å²) in [4.78, 5) is 14.5. The van der Waals surface area contributed by atoms with E-state index in [2.05, 4.69) is 25.7 Å². The lowest BCUT2D eigenvalue weighted by Crippen LogP contribution is -2.18. The lowest BCUT2D eigenvalue weighted by molar-refractivity contribution is -0.135. The van der Waals surface area contributed by atoms with E-state index in [4.69, 9.17) is 0 Å². The van der Waals surface area contributed by atoms with Gasteiger partial charge in [-0.2, -0.15) is 0 Å². The number of esters is 1. The zero-order valence-electron chi connectivity index (χ0n) is 6.06. The van der Waals surface area contributed by atoms with Crippen molar-refractivity contribution in [3.63, 3.8) is 0 Å². The molecule has 4 heteroatoms. The normalized spacial score (nSPS) is 11.3. The Balaban J connectivity index is 3.91. The van der Waals surface area contributed by atoms with E-state index >= 15 is 0 Å². The van der Waals surface area contributed by atoms with Gasteiger partial charge in [0.05, 0.1) is 11.9 Å². The van der Waals surface area contributed by atoms with Crippen molar-refractivity contribution in [2.24, 2.45) is 4.99 Å². The quantitative estimate of drug-likeness (QED) is 0.394. The van der Waals surface area contributed by atoms with Crippen molar-refractivity contribution in [2.45, 2.75) is 6.92 Å². The Morgan fingerprint density at radius 2 is 2.30 bits per heavy atom. The molecule has 0 aromatic heterocycles. The van der Waals surface area contributed by atoms with Gasteiger partial charge in [0.15, 0.2) is 0 Å². The second-order valence-electron chi connectivity index (χ2n) is 1.52. The molecule has 0 N–H and O–H groups in total. The molecule has 0 rings (SSSR count). The predicted octanol–water partition coefficient (Wildman–Crippen LogP) is 1.02. The fourth-order valence-corrected chi connectivity index (χ4v) is 0.900. The van der Waals surface area contributed by atoms with Gasteiger partial charge >= 0.3 is 5.97 Å². The van der Waals surface area contributed by atoms with Gasteiger partial charge in [0.2, 0.25) is 0 Å². The molecule has 0 bridgehead atoms. The Bertz CT molecular complexity index is 145. The number of hydrogen-bond donors (Lipinski definition) is 0. The molecule has 0 unspecified atom stereocenters. The first-order valence-electron chi connectivity index (χ1n) is 2.95. The fourth-order valence-electron chi connectivity index (χ4n) is 0.420. The lowest BCUT2D eigenvalue weighted by Gasteiger charge is -1.99. The number of hydrogen-bond acceptors (Lipinski definition) is 3. The summed E-state index contributed by atoms with van der Waals surface area (Å²) in [6.45, 7) is 2.16. The highest BCUT2D eigenvalue weighted by atomic mass is 79.9. The maximum absolute atomic E-state index is 10.8. The predicted molar refractivity (Wildman–Crippen MR) is 43.8 cm³/mol. The summed E-state index contributed by atoms with van der Waals surface area (Å²) in [6, 6.07) is 0. The number of nitrogens with zero attached hydrogens (tertiary/aromatic N) is 1. The molecule has 0 heterocycles. The van der Waals surface area contributed by atoms with Crippen LogP contribution in [0.1, 0.15) is 6.92 Å². The molecule has 0 aliphatic rings. The van der Waals surface area contributed by atoms with Crippen molar-refractivity contribution in [3.05, 3.63) is 0 Å². The monoisotopic (exact) mass is 207 g/mol. The second-order valence-corrected chi connectivity index (χ2v) is 2.09. The first-order valence-corrected chi connectivity index (χ1v) is 4.07. The SMILES string of the molecule is CCOC(=O)C(CBr)=NC. The Kier molecular flexibility index (Phi) is 5.20. The van der Waals surface area contributed by atoms with Gasteiger partial charge in [-0.3, -0.25) is 4.99 Å². The highest BCUT2D eigenvalue weighted by Gasteiger charge is 2.08. The van der Waals surface area contributed by atoms with Gasteiger partial charge in [0.1, 0.15) is 5.71 Å². The number of alkyl halides is 1. The summed E-state index contributed by atoms with van der Waals surface area (Å²) in [5, 5.41) is 0.447. The van der Waals surface area contributed by atoms with Crippen LogP contribution >= 0.6 is 15.9 Å². The highest BCUT2D eigenvalue weighted by molar-refractivity contribution is 9.09. The van der Waals surface area contributed by atoms with Gasteiger partial charge < -0.3 is 4.74 Å². The van der Waals surface area contributed by atoms with Crippen LogP contribution in [-0.2, 0) is 9.53 Å². The average Bonchev–Trinajstić information content (AvgIpc) is 1.91. The minimum atomic E-state index is -0.345. The van der Waals surface area contributed by atoms with E-state index in [1.165, 1.54) is 0 Å². The van der Waals surface area contributed by atoms with Gasteiger partial charge in [0.25, 0.3) is 0 Å². The van der Waals surface area contributed by atoms with E-state index in [9.17, 15) is 4.79 Å². The molecule has 0 atom stereocenters. The van der Waals surface area contributed by atoms with Crippen molar-refractivity contribution in [3.8, 4) is 0 Å². The molecule has 0 aliphatic carbocycles. The van der Waals surface area contributed by atoms with E-state index < -0.39 is 0 Å². The number of halogens is 1. The molecule has 10 heavy (non-hydrogen) atoms. The first kappa shape index (κ1) is 9.62. The minimum absolute atomic E-state index is 0.345. The number of carbonyl (C=O) groups excluding carboxylic acids is 1. The molecule has 58 valence electrons. The molecule has 0 spiro atoms. The number of carbonyl (C=O) groups is 1. The third-order valence-electron chi connectivity index (χ3n) is 0.908. The molecule has 0 saturated carbocycles. The van der Waals surface area contributed by atoms with E-state index in [-0.39, 0.29) is 5.97 Å². The van der Waals surface area contributed by atoms with Crippen LogP contribution in [0.5, 0.6) is 0 Å². The van der Waals surface area contributed by atoms with Crippen LogP contribution in [0.2, 0.25) is 0 Å². The van der Waals surface area contributed by atoms with Gasteiger partial charge in [-0.15, -0.1) is 0 Å². The maximum atomic E-state index is 10.8. The van der Waals surface area contributed by atoms with Crippen LogP contribution in [0.15, 0.2) is 4.99 Å². The minimum Gasteiger partial charge on any atom is -0.461 e. The largest absolute Gasteiger partial charge is 0.461 e. The second kappa shape index (κ2) is 5.41. The molecular weight excluding hydrogens is 198 g/mol. The Morgan fingerprint density at radius 1 is 1.70 bits per heavy atom. The van der Waals surface area contributed by atoms with Crippen LogP contribution in [0.3, 0.4) is 0 Å². The summed E-state index contributed by atoms with van der Waals surface area (Å²) >= 11 is 3.11. The third-order valence-corrected chi connectivity index (χ3v) is 1.44. The summed E-state index contributed by atoms with van der Waals surface area (Å²) < 4.78 is 4.69. The van der Waals surface area contributed by atoms with Crippen molar-refractivity contribution < 1.29 is 9.53 Å². The Morgan fingerprint density at radius 3 is 2.60 bits per heavy atom. The van der Waals surface area contributed by atoms with Gasteiger partial charge in [-0.05, 0) is 6.92 Å². The number of rotatable bonds is 3. The smallest absolute Gasteiger partial charge is 0.353 e. The van der Waals surface area contributed by atoms with Crippen molar-refractivity contribution in [1.29, 1.82) is 0 Å². The molecule has 0 aromatic carbocycles.